The molecule has 0 aliphatic rings. The summed E-state index contributed by atoms with van der Waals surface area (Å²) in [6.45, 7) is 0. The van der Waals surface area contributed by atoms with Gasteiger partial charge in [-0.3, -0.25) is 0 Å². The Labute approximate surface area is 112 Å². The summed E-state index contributed by atoms with van der Waals surface area (Å²) < 4.78 is 13.6. The maximum Gasteiger partial charge on any atom is 0.123 e. The molecule has 0 amide bonds. The van der Waals surface area contributed by atoms with Crippen LogP contribution in [0.2, 0.25) is 0 Å². The lowest BCUT2D eigenvalue weighted by atomic mass is 10.1. The highest BCUT2D eigenvalue weighted by Crippen LogP contribution is 2.30. The number of nitrogens with two attached hydrogens (primary N) is 1. The van der Waals surface area contributed by atoms with E-state index in [0.29, 0.717) is 11.3 Å². The lowest BCUT2D eigenvalue weighted by Gasteiger charge is -2.11. The Bertz CT molecular complexity index is 582. The third-order valence-electron chi connectivity index (χ3n) is 2.45. The normalized spacial score (nSPS) is 10.1. The largest absolute Gasteiger partial charge is 0.398 e. The molecule has 0 saturated heterocycles. The molecule has 4 N–H and O–H groups in total. The topological polar surface area (TPSA) is 61.9 Å². The first-order valence-electron chi connectivity index (χ1n) is 5.22. The van der Waals surface area contributed by atoms with Crippen LogP contribution in [0.3, 0.4) is 0 Å². The molecular weight excluding hydrogens is 297 g/mol. The number of anilines is 3. The van der Waals surface area contributed by atoms with Gasteiger partial charge in [0.25, 0.3) is 0 Å². The van der Waals surface area contributed by atoms with Gasteiger partial charge in [-0.15, -0.1) is 0 Å². The smallest absolute Gasteiger partial charge is 0.123 e. The molecule has 0 fully saturated rings. The molecular formula is C13H11BrFN3. The first-order valence-corrected chi connectivity index (χ1v) is 6.01. The molecule has 0 radical (unpaired) electrons. The highest BCUT2D eigenvalue weighted by Gasteiger charge is 2.05. The van der Waals surface area contributed by atoms with Gasteiger partial charge in [0, 0.05) is 27.6 Å². The van der Waals surface area contributed by atoms with Crippen LogP contribution in [0.5, 0.6) is 0 Å². The van der Waals surface area contributed by atoms with E-state index in [1.54, 1.807) is 24.3 Å². The summed E-state index contributed by atoms with van der Waals surface area (Å²) in [4.78, 5) is 0. The highest BCUT2D eigenvalue weighted by atomic mass is 79.9. The van der Waals surface area contributed by atoms with Gasteiger partial charge in [0.1, 0.15) is 5.82 Å². The average molecular weight is 308 g/mol. The number of nitrogen functional groups attached to an aromatic ring is 1. The number of hydrogen-bond acceptors (Lipinski definition) is 3. The van der Waals surface area contributed by atoms with Crippen LogP contribution in [0.25, 0.3) is 0 Å². The Hall–Kier alpha value is -1.88. The summed E-state index contributed by atoms with van der Waals surface area (Å²) >= 11 is 3.39. The Morgan fingerprint density at radius 3 is 2.50 bits per heavy atom. The molecule has 0 atom stereocenters. The van der Waals surface area contributed by atoms with Gasteiger partial charge in [-0.05, 0) is 52.3 Å². The Kier molecular flexibility index (Phi) is 3.62. The minimum Gasteiger partial charge on any atom is -0.398 e. The van der Waals surface area contributed by atoms with Crippen LogP contribution in [0.1, 0.15) is 5.56 Å². The molecule has 0 aromatic heterocycles. The molecule has 0 bridgehead atoms. The van der Waals surface area contributed by atoms with Crippen molar-refractivity contribution >= 4 is 39.2 Å². The van der Waals surface area contributed by atoms with Crippen molar-refractivity contribution in [1.29, 1.82) is 5.41 Å². The Balaban J connectivity index is 2.34. The molecule has 18 heavy (non-hydrogen) atoms. The minimum absolute atomic E-state index is 0.280. The van der Waals surface area contributed by atoms with Crippen molar-refractivity contribution in [3.05, 3.63) is 52.3 Å². The molecule has 2 aromatic rings. The van der Waals surface area contributed by atoms with Gasteiger partial charge < -0.3 is 16.5 Å². The fourth-order valence-electron chi connectivity index (χ4n) is 1.51. The van der Waals surface area contributed by atoms with E-state index in [-0.39, 0.29) is 5.82 Å². The summed E-state index contributed by atoms with van der Waals surface area (Å²) in [5.74, 6) is -0.280. The van der Waals surface area contributed by atoms with Crippen LogP contribution in [-0.2, 0) is 0 Å². The van der Waals surface area contributed by atoms with Gasteiger partial charge in [-0.2, -0.15) is 0 Å². The van der Waals surface area contributed by atoms with Crippen LogP contribution in [0.15, 0.2) is 40.9 Å². The zero-order chi connectivity index (χ0) is 13.1. The molecule has 0 heterocycles. The maximum absolute atomic E-state index is 12.8. The maximum atomic E-state index is 12.8. The van der Waals surface area contributed by atoms with Gasteiger partial charge >= 0.3 is 0 Å². The molecule has 0 spiro atoms. The van der Waals surface area contributed by atoms with Gasteiger partial charge in [0.05, 0.1) is 5.69 Å². The van der Waals surface area contributed by atoms with Crippen molar-refractivity contribution in [1.82, 2.24) is 0 Å². The van der Waals surface area contributed by atoms with Crippen LogP contribution in [0, 0.1) is 11.2 Å². The van der Waals surface area contributed by atoms with Crippen LogP contribution in [-0.4, -0.2) is 6.21 Å². The number of benzene rings is 2. The zero-order valence-corrected chi connectivity index (χ0v) is 11.0. The Morgan fingerprint density at radius 2 is 1.89 bits per heavy atom. The van der Waals surface area contributed by atoms with Crippen LogP contribution < -0.4 is 11.1 Å². The van der Waals surface area contributed by atoms with E-state index in [1.165, 1.54) is 18.3 Å². The lowest BCUT2D eigenvalue weighted by Crippen LogP contribution is -1.97. The minimum atomic E-state index is -0.280. The number of halogens is 2. The third-order valence-corrected chi connectivity index (χ3v) is 3.11. The van der Waals surface area contributed by atoms with E-state index in [2.05, 4.69) is 21.2 Å². The molecule has 0 aliphatic carbocycles. The Morgan fingerprint density at radius 1 is 1.22 bits per heavy atom. The molecule has 3 nitrogen and oxygen atoms in total. The van der Waals surface area contributed by atoms with Crippen molar-refractivity contribution in [3.63, 3.8) is 0 Å². The second-order valence-electron chi connectivity index (χ2n) is 3.74. The van der Waals surface area contributed by atoms with E-state index < -0.39 is 0 Å². The summed E-state index contributed by atoms with van der Waals surface area (Å²) in [7, 11) is 0. The van der Waals surface area contributed by atoms with E-state index >= 15 is 0 Å². The first kappa shape index (κ1) is 12.6. The SMILES string of the molecule is N=Cc1cc(Nc2ccc(F)cc2)c(Br)cc1N. The van der Waals surface area contributed by atoms with E-state index in [4.69, 9.17) is 11.1 Å². The second kappa shape index (κ2) is 5.18. The average Bonchev–Trinajstić information content (AvgIpc) is 2.35. The second-order valence-corrected chi connectivity index (χ2v) is 4.59. The first-order chi connectivity index (χ1) is 8.60. The molecule has 0 saturated carbocycles. The van der Waals surface area contributed by atoms with E-state index in [0.717, 1.165) is 15.8 Å². The van der Waals surface area contributed by atoms with Crippen molar-refractivity contribution in [3.8, 4) is 0 Å². The zero-order valence-electron chi connectivity index (χ0n) is 9.37. The van der Waals surface area contributed by atoms with Gasteiger partial charge in [-0.1, -0.05) is 0 Å². The number of rotatable bonds is 3. The van der Waals surface area contributed by atoms with E-state index in [9.17, 15) is 4.39 Å². The quantitative estimate of drug-likeness (QED) is 0.594. The summed E-state index contributed by atoms with van der Waals surface area (Å²) in [6, 6.07) is 9.53. The standard InChI is InChI=1S/C13H11BrFN3/c14-11-6-12(17)8(7-16)5-13(11)18-10-3-1-9(15)2-4-10/h1-7,16,18H,17H2. The molecule has 5 heteroatoms. The molecule has 2 rings (SSSR count). The van der Waals surface area contributed by atoms with Crippen LogP contribution >= 0.6 is 15.9 Å². The van der Waals surface area contributed by atoms with Gasteiger partial charge in [-0.25, -0.2) is 4.39 Å². The lowest BCUT2D eigenvalue weighted by molar-refractivity contribution is 0.628. The highest BCUT2D eigenvalue weighted by molar-refractivity contribution is 9.10. The van der Waals surface area contributed by atoms with Gasteiger partial charge in [0.2, 0.25) is 0 Å². The predicted molar refractivity (Wildman–Crippen MR) is 76.1 cm³/mol. The van der Waals surface area contributed by atoms with Crippen molar-refractivity contribution in [2.24, 2.45) is 0 Å². The van der Waals surface area contributed by atoms with Crippen LogP contribution in [0.4, 0.5) is 21.5 Å². The summed E-state index contributed by atoms with van der Waals surface area (Å²) in [5.41, 5.74) is 8.45. The molecule has 2 aromatic carbocycles. The number of nitrogens with one attached hydrogen (secondary N) is 2. The van der Waals surface area contributed by atoms with E-state index in [1.807, 2.05) is 0 Å². The predicted octanol–water partition coefficient (Wildman–Crippen LogP) is 3.91. The van der Waals surface area contributed by atoms with Crippen molar-refractivity contribution in [2.75, 3.05) is 11.1 Å². The summed E-state index contributed by atoms with van der Waals surface area (Å²) in [5, 5.41) is 10.4. The monoisotopic (exact) mass is 307 g/mol. The van der Waals surface area contributed by atoms with Crippen molar-refractivity contribution < 1.29 is 4.39 Å². The van der Waals surface area contributed by atoms with Crippen molar-refractivity contribution in [2.45, 2.75) is 0 Å². The summed E-state index contributed by atoms with van der Waals surface area (Å²) in [6.07, 6.45) is 1.19. The van der Waals surface area contributed by atoms with Gasteiger partial charge in [0.15, 0.2) is 0 Å². The molecule has 0 aliphatic heterocycles. The molecule has 92 valence electrons. The fraction of sp³-hybridized carbons (Fsp3) is 0. The number of hydrogen-bond donors (Lipinski definition) is 3. The fourth-order valence-corrected chi connectivity index (χ4v) is 1.98. The third kappa shape index (κ3) is 2.68. The molecule has 0 unspecified atom stereocenters.